The third-order valence-corrected chi connectivity index (χ3v) is 3.89. The van der Waals surface area contributed by atoms with Crippen LogP contribution in [0.15, 0.2) is 95.0 Å². The summed E-state index contributed by atoms with van der Waals surface area (Å²) in [6, 6.07) is 16.7. The molecule has 2 heterocycles. The molecular formula is C21H15N5O2. The van der Waals surface area contributed by atoms with Crippen molar-refractivity contribution in [2.24, 2.45) is 0 Å². The van der Waals surface area contributed by atoms with Gasteiger partial charge < -0.3 is 9.40 Å². The first-order valence-corrected chi connectivity index (χ1v) is 8.50. The summed E-state index contributed by atoms with van der Waals surface area (Å²) in [5, 5.41) is 1.65. The van der Waals surface area contributed by atoms with Crippen LogP contribution in [0.4, 0.5) is 0 Å². The Morgan fingerprint density at radius 2 is 1.82 bits per heavy atom. The van der Waals surface area contributed by atoms with Gasteiger partial charge in [0.2, 0.25) is 0 Å². The molecule has 0 fully saturated rings. The minimum Gasteiger partial charge on any atom is -0.463 e. The smallest absolute Gasteiger partial charge is 0.266 e. The summed E-state index contributed by atoms with van der Waals surface area (Å²) in [5.41, 5.74) is 2.29. The van der Waals surface area contributed by atoms with Crippen molar-refractivity contribution in [1.29, 1.82) is 0 Å². The molecule has 0 aliphatic rings. The summed E-state index contributed by atoms with van der Waals surface area (Å²) in [6.07, 6.45) is 6.97. The first kappa shape index (κ1) is 17.3. The minimum absolute atomic E-state index is 0.347. The fourth-order valence-electron chi connectivity index (χ4n) is 2.60. The van der Waals surface area contributed by atoms with Gasteiger partial charge in [-0.25, -0.2) is 15.0 Å². The number of H-pyrrole nitrogens is 1. The molecule has 7 heteroatoms. The topological polar surface area (TPSA) is 97.6 Å². The molecule has 2 aromatic carbocycles. The highest BCUT2D eigenvalue weighted by atomic mass is 16.3. The molecule has 4 aromatic rings. The van der Waals surface area contributed by atoms with Crippen molar-refractivity contribution in [3.05, 3.63) is 96.1 Å². The van der Waals surface area contributed by atoms with E-state index in [4.69, 9.17) is 9.40 Å². The van der Waals surface area contributed by atoms with Crippen molar-refractivity contribution < 1.29 is 4.42 Å². The lowest BCUT2D eigenvalue weighted by atomic mass is 10.2. The molecular weight excluding hydrogens is 354 g/mol. The molecule has 2 bridgehead atoms. The Morgan fingerprint density at radius 1 is 0.929 bits per heavy atom. The van der Waals surface area contributed by atoms with E-state index >= 15 is 0 Å². The van der Waals surface area contributed by atoms with Gasteiger partial charge >= 0.3 is 0 Å². The Bertz CT molecular complexity index is 1360. The van der Waals surface area contributed by atoms with Crippen LogP contribution in [0.5, 0.6) is 0 Å². The molecule has 28 heavy (non-hydrogen) atoms. The monoisotopic (exact) mass is 369 g/mol. The highest BCUT2D eigenvalue weighted by Crippen LogP contribution is 2.17. The Labute approximate surface area is 159 Å². The van der Waals surface area contributed by atoms with E-state index < -0.39 is 0 Å². The zero-order valence-electron chi connectivity index (χ0n) is 14.7. The average Bonchev–Trinajstić information content (AvgIpc) is 2.72. The summed E-state index contributed by atoms with van der Waals surface area (Å²) in [5.74, 6) is 0. The van der Waals surface area contributed by atoms with Gasteiger partial charge in [-0.3, -0.25) is 9.78 Å². The van der Waals surface area contributed by atoms with Crippen LogP contribution in [0.25, 0.3) is 33.0 Å². The van der Waals surface area contributed by atoms with Crippen molar-refractivity contribution in [2.45, 2.75) is 0 Å². The largest absolute Gasteiger partial charge is 0.463 e. The maximum Gasteiger partial charge on any atom is 0.266 e. The fraction of sp³-hybridized carbons (Fsp3) is 0. The molecule has 0 saturated carbocycles. The Hall–Kier alpha value is -4.13. The van der Waals surface area contributed by atoms with Crippen LogP contribution < -0.4 is 5.56 Å². The summed E-state index contributed by atoms with van der Waals surface area (Å²) < 4.78 is 5.55. The van der Waals surface area contributed by atoms with Crippen molar-refractivity contribution in [1.82, 2.24) is 24.9 Å². The van der Waals surface area contributed by atoms with E-state index in [1.54, 1.807) is 12.1 Å². The van der Waals surface area contributed by atoms with Gasteiger partial charge in [-0.05, 0) is 30.3 Å². The fourth-order valence-corrected chi connectivity index (χ4v) is 2.60. The van der Waals surface area contributed by atoms with E-state index in [1.165, 1.54) is 25.0 Å². The predicted molar refractivity (Wildman–Crippen MR) is 107 cm³/mol. The van der Waals surface area contributed by atoms with Gasteiger partial charge in [0.05, 0.1) is 23.4 Å². The third kappa shape index (κ3) is 3.99. The van der Waals surface area contributed by atoms with E-state index in [0.717, 1.165) is 28.0 Å². The second kappa shape index (κ2) is 8.05. The van der Waals surface area contributed by atoms with Crippen LogP contribution in [0.1, 0.15) is 0 Å². The van der Waals surface area contributed by atoms with E-state index in [9.17, 15) is 4.79 Å². The maximum atomic E-state index is 11.7. The maximum absolute atomic E-state index is 11.7. The molecule has 0 radical (unpaired) electrons. The number of fused-ring (bicyclic) bond motifs is 2. The van der Waals surface area contributed by atoms with Crippen molar-refractivity contribution in [2.75, 3.05) is 0 Å². The van der Waals surface area contributed by atoms with E-state index in [1.807, 2.05) is 42.5 Å². The summed E-state index contributed by atoms with van der Waals surface area (Å²) in [4.78, 5) is 31.5. The van der Waals surface area contributed by atoms with Crippen molar-refractivity contribution in [3.8, 4) is 0 Å². The SMILES string of the molecule is O=c1cnccoc2ccc3ncnc(nc4ccccc4ccc[nH]1)c3c2. The Balaban J connectivity index is 2.14. The molecule has 0 aliphatic heterocycles. The van der Waals surface area contributed by atoms with Gasteiger partial charge in [-0.2, -0.15) is 0 Å². The molecule has 136 valence electrons. The van der Waals surface area contributed by atoms with Crippen LogP contribution in [-0.4, -0.2) is 24.9 Å². The number of aromatic amines is 1. The predicted octanol–water partition coefficient (Wildman–Crippen LogP) is 3.82. The van der Waals surface area contributed by atoms with Crippen LogP contribution in [0.2, 0.25) is 0 Å². The number of rotatable bonds is 0. The summed E-state index contributed by atoms with van der Waals surface area (Å²) in [7, 11) is 0. The second-order valence-corrected chi connectivity index (χ2v) is 5.76. The standard InChI is InChI=1S/C21H15N5O2/c27-20-13-22-10-11-28-16-7-8-19-17(12-16)21(25-14-24-19)26-18-6-2-1-4-15(18)5-3-9-23-20/h1-14H,(H,23,27). The normalized spacial score (nSPS) is 10.3. The molecule has 0 amide bonds. The zero-order chi connectivity index (χ0) is 19.2. The second-order valence-electron chi connectivity index (χ2n) is 5.76. The molecule has 4 rings (SSSR count). The number of hydrogen-bond donors (Lipinski definition) is 1. The molecule has 0 atom stereocenters. The number of benzene rings is 2. The Morgan fingerprint density at radius 3 is 2.79 bits per heavy atom. The first-order valence-electron chi connectivity index (χ1n) is 8.50. The highest BCUT2D eigenvalue weighted by Gasteiger charge is 2.00. The van der Waals surface area contributed by atoms with Gasteiger partial charge in [0.1, 0.15) is 18.2 Å². The molecule has 0 unspecified atom stereocenters. The van der Waals surface area contributed by atoms with Gasteiger partial charge in [0, 0.05) is 17.0 Å². The van der Waals surface area contributed by atoms with Gasteiger partial charge in [-0.15, -0.1) is 0 Å². The molecule has 0 spiro atoms. The van der Waals surface area contributed by atoms with Crippen LogP contribution in [0.3, 0.4) is 0 Å². The van der Waals surface area contributed by atoms with Gasteiger partial charge in [-0.1, -0.05) is 24.3 Å². The molecule has 0 saturated heterocycles. The van der Waals surface area contributed by atoms with Crippen LogP contribution in [0, 0.1) is 0 Å². The number of aromatic nitrogens is 5. The number of nitrogens with zero attached hydrogens (tertiary/aromatic N) is 4. The van der Waals surface area contributed by atoms with Gasteiger partial charge in [0.25, 0.3) is 5.56 Å². The molecule has 1 N–H and O–H groups in total. The third-order valence-electron chi connectivity index (χ3n) is 3.89. The van der Waals surface area contributed by atoms with E-state index in [0.29, 0.717) is 11.2 Å². The van der Waals surface area contributed by atoms with E-state index in [-0.39, 0.29) is 5.56 Å². The highest BCUT2D eigenvalue weighted by molar-refractivity contribution is 5.94. The van der Waals surface area contributed by atoms with Crippen LogP contribution >= 0.6 is 0 Å². The quantitative estimate of drug-likeness (QED) is 0.506. The van der Waals surface area contributed by atoms with E-state index in [2.05, 4.69) is 19.9 Å². The number of para-hydroxylation sites is 1. The lowest BCUT2D eigenvalue weighted by Crippen LogP contribution is -1.98. The average molecular weight is 369 g/mol. The van der Waals surface area contributed by atoms with Crippen molar-refractivity contribution in [3.63, 3.8) is 0 Å². The number of hydrogen-bond acceptors (Lipinski definition) is 6. The zero-order valence-corrected chi connectivity index (χ0v) is 14.7. The first-order chi connectivity index (χ1) is 13.8. The van der Waals surface area contributed by atoms with Crippen LogP contribution in [-0.2, 0) is 0 Å². The van der Waals surface area contributed by atoms with Crippen molar-refractivity contribution >= 4 is 33.0 Å². The summed E-state index contributed by atoms with van der Waals surface area (Å²) in [6.45, 7) is 0. The molecule has 2 aromatic heterocycles. The lowest BCUT2D eigenvalue weighted by Gasteiger charge is -1.98. The number of nitrogens with one attached hydrogen (secondary N) is 1. The Kier molecular flexibility index (Phi) is 4.97. The lowest BCUT2D eigenvalue weighted by molar-refractivity contribution is 0.601. The molecule has 0 aliphatic carbocycles. The molecule has 7 nitrogen and oxygen atoms in total. The van der Waals surface area contributed by atoms with Gasteiger partial charge in [0.15, 0.2) is 5.65 Å². The minimum atomic E-state index is -0.347. The summed E-state index contributed by atoms with van der Waals surface area (Å²) >= 11 is 0.